The predicted octanol–water partition coefficient (Wildman–Crippen LogP) is 1.77. The van der Waals surface area contributed by atoms with Crippen LogP contribution in [0.1, 0.15) is 34.1 Å². The Hall–Kier alpha value is -1.66. The van der Waals surface area contributed by atoms with Gasteiger partial charge in [0.05, 0.1) is 18.1 Å². The number of ether oxygens (including phenoxy) is 3. The molecule has 9 atom stereocenters. The summed E-state index contributed by atoms with van der Waals surface area (Å²) >= 11 is 0. The van der Waals surface area contributed by atoms with Gasteiger partial charge in [-0.3, -0.25) is 0 Å². The molecule has 142 valence electrons. The molecule has 0 bridgehead atoms. The lowest BCUT2D eigenvalue weighted by Crippen LogP contribution is -2.52. The summed E-state index contributed by atoms with van der Waals surface area (Å²) in [6, 6.07) is 0. The maximum absolute atomic E-state index is 12.4. The van der Waals surface area contributed by atoms with Gasteiger partial charge in [0.25, 0.3) is 0 Å². The summed E-state index contributed by atoms with van der Waals surface area (Å²) in [6.07, 6.45) is 0.299. The van der Waals surface area contributed by atoms with Gasteiger partial charge in [-0.2, -0.15) is 0 Å². The van der Waals surface area contributed by atoms with Crippen LogP contribution in [0.4, 0.5) is 0 Å². The summed E-state index contributed by atoms with van der Waals surface area (Å²) in [5.74, 6) is -1.12. The van der Waals surface area contributed by atoms with Crippen molar-refractivity contribution >= 4 is 11.9 Å². The number of hydrogen-bond acceptors (Lipinski definition) is 6. The van der Waals surface area contributed by atoms with Gasteiger partial charge < -0.3 is 19.3 Å². The first-order chi connectivity index (χ1) is 12.2. The quantitative estimate of drug-likeness (QED) is 0.458. The lowest BCUT2D eigenvalue weighted by molar-refractivity contribution is -0.169. The van der Waals surface area contributed by atoms with Gasteiger partial charge in [0.1, 0.15) is 18.3 Å². The first-order valence-corrected chi connectivity index (χ1v) is 9.29. The number of rotatable bonds is 2. The monoisotopic (exact) mass is 362 g/mol. The second kappa shape index (κ2) is 5.67. The molecule has 6 nitrogen and oxygen atoms in total. The highest BCUT2D eigenvalue weighted by Gasteiger charge is 2.75. The smallest absolute Gasteiger partial charge is 0.334 e. The van der Waals surface area contributed by atoms with E-state index >= 15 is 0 Å². The minimum absolute atomic E-state index is 0.0308. The summed E-state index contributed by atoms with van der Waals surface area (Å²) in [7, 11) is 0. The van der Waals surface area contributed by atoms with Crippen molar-refractivity contribution in [3.63, 3.8) is 0 Å². The number of aliphatic hydroxyl groups excluding tert-OH is 1. The Labute approximate surface area is 153 Å². The molecule has 1 N–H and O–H groups in total. The first kappa shape index (κ1) is 17.7. The molecule has 6 heteroatoms. The fourth-order valence-corrected chi connectivity index (χ4v) is 5.52. The standard InChI is InChI=1S/C20H26O6/c1-6-8(2)18(22)26-17-15-14(25-15)13-9(3)7-11-12(10(4)19(23)24-11)16(21)20(13,17)5/h6,9,11-17,21H,4,7H2,1-3,5H3/b8-6+/t9-,11-,12-,13-,14-,15-,16-,17+,20-/m1/s1. The van der Waals surface area contributed by atoms with Crippen molar-refractivity contribution in [2.75, 3.05) is 0 Å². The van der Waals surface area contributed by atoms with Gasteiger partial charge >= 0.3 is 11.9 Å². The number of esters is 2. The number of fused-ring (bicyclic) bond motifs is 4. The van der Waals surface area contributed by atoms with Crippen molar-refractivity contribution in [1.29, 1.82) is 0 Å². The van der Waals surface area contributed by atoms with E-state index < -0.39 is 35.5 Å². The highest BCUT2D eigenvalue weighted by molar-refractivity contribution is 5.91. The average molecular weight is 362 g/mol. The number of epoxide rings is 1. The van der Waals surface area contributed by atoms with Crippen molar-refractivity contribution in [1.82, 2.24) is 0 Å². The van der Waals surface area contributed by atoms with Crippen molar-refractivity contribution in [3.05, 3.63) is 23.8 Å². The molecular formula is C20H26O6. The van der Waals surface area contributed by atoms with E-state index in [1.165, 1.54) is 0 Å². The van der Waals surface area contributed by atoms with Crippen molar-refractivity contribution in [2.45, 2.75) is 64.6 Å². The number of carbonyl (C=O) groups is 2. The summed E-state index contributed by atoms with van der Waals surface area (Å²) < 4.78 is 17.1. The Morgan fingerprint density at radius 2 is 2.12 bits per heavy atom. The van der Waals surface area contributed by atoms with Gasteiger partial charge in [-0.05, 0) is 26.2 Å². The minimum Gasteiger partial charge on any atom is -0.458 e. The molecular weight excluding hydrogens is 336 g/mol. The number of carbonyl (C=O) groups excluding carboxylic acids is 2. The zero-order valence-corrected chi connectivity index (χ0v) is 15.6. The molecule has 4 fully saturated rings. The number of aliphatic hydroxyl groups is 1. The molecule has 0 aromatic heterocycles. The Morgan fingerprint density at radius 1 is 1.42 bits per heavy atom. The zero-order chi connectivity index (χ0) is 19.0. The molecule has 0 unspecified atom stereocenters. The molecule has 0 aromatic carbocycles. The van der Waals surface area contributed by atoms with Gasteiger partial charge in [0, 0.05) is 22.5 Å². The third-order valence-corrected chi connectivity index (χ3v) is 7.05. The van der Waals surface area contributed by atoms with Crippen LogP contribution < -0.4 is 0 Å². The van der Waals surface area contributed by atoms with Gasteiger partial charge in [-0.25, -0.2) is 9.59 Å². The van der Waals surface area contributed by atoms with Gasteiger partial charge in [0.2, 0.25) is 0 Å². The molecule has 2 aliphatic carbocycles. The topological polar surface area (TPSA) is 85.4 Å². The molecule has 0 radical (unpaired) electrons. The molecule has 0 aromatic rings. The lowest BCUT2D eigenvalue weighted by Gasteiger charge is -2.43. The predicted molar refractivity (Wildman–Crippen MR) is 91.9 cm³/mol. The van der Waals surface area contributed by atoms with Gasteiger partial charge in [-0.15, -0.1) is 0 Å². The molecule has 0 spiro atoms. The van der Waals surface area contributed by atoms with Crippen LogP contribution in [0.25, 0.3) is 0 Å². The molecule has 0 amide bonds. The van der Waals surface area contributed by atoms with Gasteiger partial charge in [0.15, 0.2) is 0 Å². The lowest BCUT2D eigenvalue weighted by atomic mass is 9.66. The van der Waals surface area contributed by atoms with Crippen molar-refractivity contribution in [3.8, 4) is 0 Å². The van der Waals surface area contributed by atoms with Crippen LogP contribution in [0.3, 0.4) is 0 Å². The van der Waals surface area contributed by atoms with Crippen LogP contribution in [-0.2, 0) is 23.8 Å². The molecule has 2 saturated heterocycles. The van der Waals surface area contributed by atoms with Crippen LogP contribution in [-0.4, -0.2) is 47.6 Å². The molecule has 26 heavy (non-hydrogen) atoms. The second-order valence-electron chi connectivity index (χ2n) is 8.41. The summed E-state index contributed by atoms with van der Waals surface area (Å²) in [6.45, 7) is 11.4. The average Bonchev–Trinajstić information content (AvgIpc) is 3.26. The molecule has 2 heterocycles. The Bertz CT molecular complexity index is 711. The Balaban J connectivity index is 1.72. The molecule has 4 rings (SSSR count). The van der Waals surface area contributed by atoms with E-state index in [-0.39, 0.29) is 30.1 Å². The van der Waals surface area contributed by atoms with E-state index in [1.54, 1.807) is 19.9 Å². The van der Waals surface area contributed by atoms with Crippen LogP contribution in [0.5, 0.6) is 0 Å². The fourth-order valence-electron chi connectivity index (χ4n) is 5.52. The van der Waals surface area contributed by atoms with Crippen LogP contribution in [0, 0.1) is 23.2 Å². The van der Waals surface area contributed by atoms with Crippen molar-refractivity contribution in [2.24, 2.45) is 23.2 Å². The zero-order valence-electron chi connectivity index (χ0n) is 15.6. The normalized spacial score (nSPS) is 49.7. The number of allylic oxidation sites excluding steroid dienone is 1. The van der Waals surface area contributed by atoms with Crippen LogP contribution in [0.2, 0.25) is 0 Å². The maximum Gasteiger partial charge on any atom is 0.334 e. The van der Waals surface area contributed by atoms with E-state index in [2.05, 4.69) is 13.5 Å². The molecule has 2 aliphatic heterocycles. The fraction of sp³-hybridized carbons (Fsp3) is 0.700. The SMILES string of the molecule is C=C1C(=O)O[C@@H]2C[C@@H](C)[C@@H]3[C@H]4O[C@H]4[C@H](OC(=O)/C(C)=C/C)[C@@]3(C)[C@H](O)[C@H]12. The third-order valence-electron chi connectivity index (χ3n) is 7.05. The Morgan fingerprint density at radius 3 is 2.77 bits per heavy atom. The summed E-state index contributed by atoms with van der Waals surface area (Å²) in [4.78, 5) is 24.4. The van der Waals surface area contributed by atoms with Crippen molar-refractivity contribution < 1.29 is 28.9 Å². The minimum atomic E-state index is -0.887. The van der Waals surface area contributed by atoms with E-state index in [0.29, 0.717) is 17.6 Å². The van der Waals surface area contributed by atoms with E-state index in [0.717, 1.165) is 0 Å². The van der Waals surface area contributed by atoms with E-state index in [1.807, 2.05) is 6.92 Å². The summed E-state index contributed by atoms with van der Waals surface area (Å²) in [5, 5.41) is 11.4. The number of hydrogen-bond donors (Lipinski definition) is 1. The van der Waals surface area contributed by atoms with Gasteiger partial charge in [-0.1, -0.05) is 26.5 Å². The highest BCUT2D eigenvalue weighted by Crippen LogP contribution is 2.64. The third kappa shape index (κ3) is 2.18. The van der Waals surface area contributed by atoms with E-state index in [9.17, 15) is 14.7 Å². The first-order valence-electron chi connectivity index (χ1n) is 9.29. The highest BCUT2D eigenvalue weighted by atomic mass is 16.6. The largest absolute Gasteiger partial charge is 0.458 e. The summed E-state index contributed by atoms with van der Waals surface area (Å²) in [5.41, 5.74) is 0.118. The van der Waals surface area contributed by atoms with Crippen LogP contribution in [0.15, 0.2) is 23.8 Å². The second-order valence-corrected chi connectivity index (χ2v) is 8.41. The van der Waals surface area contributed by atoms with Crippen LogP contribution >= 0.6 is 0 Å². The maximum atomic E-state index is 12.4. The molecule has 4 aliphatic rings. The Kier molecular flexibility index (Phi) is 3.87. The van der Waals surface area contributed by atoms with E-state index in [4.69, 9.17) is 14.2 Å². The molecule has 2 saturated carbocycles.